The van der Waals surface area contributed by atoms with Crippen LogP contribution in [-0.4, -0.2) is 22.1 Å². The second-order valence-corrected chi connectivity index (χ2v) is 5.79. The number of hydrogen-bond acceptors (Lipinski definition) is 4. The highest BCUT2D eigenvalue weighted by molar-refractivity contribution is 5.75. The first-order chi connectivity index (χ1) is 10.6. The van der Waals surface area contributed by atoms with Crippen LogP contribution in [-0.2, 0) is 6.54 Å². The summed E-state index contributed by atoms with van der Waals surface area (Å²) in [6.07, 6.45) is 3.73. The third-order valence-electron chi connectivity index (χ3n) is 4.14. The summed E-state index contributed by atoms with van der Waals surface area (Å²) in [5, 5.41) is 6.88. The minimum absolute atomic E-state index is 0.0767. The lowest BCUT2D eigenvalue weighted by Crippen LogP contribution is -2.42. The van der Waals surface area contributed by atoms with E-state index in [0.717, 1.165) is 35.6 Å². The van der Waals surface area contributed by atoms with Gasteiger partial charge in [-0.05, 0) is 45.7 Å². The normalized spacial score (nSPS) is 15.6. The molecular weight excluding hydrogens is 282 g/mol. The molecule has 0 aliphatic heterocycles. The molecule has 118 valence electrons. The van der Waals surface area contributed by atoms with Gasteiger partial charge < -0.3 is 19.2 Å². The van der Waals surface area contributed by atoms with Crippen molar-refractivity contribution >= 4 is 6.03 Å². The van der Waals surface area contributed by atoms with Crippen molar-refractivity contribution in [3.05, 3.63) is 41.2 Å². The first kappa shape index (κ1) is 14.7. The van der Waals surface area contributed by atoms with Crippen molar-refractivity contribution in [2.45, 2.75) is 52.2 Å². The van der Waals surface area contributed by atoms with Gasteiger partial charge in [0.15, 0.2) is 0 Å². The fourth-order valence-corrected chi connectivity index (χ4v) is 2.69. The number of carbonyl (C=O) groups excluding carboxylic acids is 1. The minimum atomic E-state index is -0.0774. The standard InChI is InChI=1S/C16H21N3O3/c1-10-14(12(3)22-18-10)9-17-16(20)19(13-6-7-13)11(2)15-5-4-8-21-15/h4-5,8,11,13H,6-7,9H2,1-3H3,(H,17,20)/t11-/m0/s1. The maximum atomic E-state index is 12.6. The Kier molecular flexibility index (Phi) is 3.92. The van der Waals surface area contributed by atoms with Crippen molar-refractivity contribution < 1.29 is 13.7 Å². The highest BCUT2D eigenvalue weighted by Gasteiger charge is 2.37. The van der Waals surface area contributed by atoms with Gasteiger partial charge in [-0.2, -0.15) is 0 Å². The molecule has 0 unspecified atom stereocenters. The number of aromatic nitrogens is 1. The van der Waals surface area contributed by atoms with Crippen LogP contribution in [0.3, 0.4) is 0 Å². The molecule has 1 N–H and O–H groups in total. The van der Waals surface area contributed by atoms with Gasteiger partial charge in [-0.3, -0.25) is 0 Å². The van der Waals surface area contributed by atoms with Crippen LogP contribution in [0, 0.1) is 13.8 Å². The van der Waals surface area contributed by atoms with Gasteiger partial charge in [0.25, 0.3) is 0 Å². The minimum Gasteiger partial charge on any atom is -0.467 e. The number of aryl methyl sites for hydroxylation is 2. The van der Waals surface area contributed by atoms with E-state index in [9.17, 15) is 4.79 Å². The third kappa shape index (κ3) is 2.86. The Labute approximate surface area is 129 Å². The maximum Gasteiger partial charge on any atom is 0.318 e. The number of nitrogens with zero attached hydrogens (tertiary/aromatic N) is 2. The van der Waals surface area contributed by atoms with Crippen molar-refractivity contribution in [1.29, 1.82) is 0 Å². The molecule has 0 saturated heterocycles. The fourth-order valence-electron chi connectivity index (χ4n) is 2.69. The lowest BCUT2D eigenvalue weighted by Gasteiger charge is -2.28. The summed E-state index contributed by atoms with van der Waals surface area (Å²) in [4.78, 5) is 14.5. The van der Waals surface area contributed by atoms with Gasteiger partial charge in [-0.1, -0.05) is 5.16 Å². The lowest BCUT2D eigenvalue weighted by atomic mass is 10.2. The molecule has 2 amide bonds. The number of furan rings is 1. The van der Waals surface area contributed by atoms with Crippen LogP contribution in [0.1, 0.15) is 48.6 Å². The van der Waals surface area contributed by atoms with Crippen molar-refractivity contribution in [3.63, 3.8) is 0 Å². The molecule has 1 fully saturated rings. The number of hydrogen-bond donors (Lipinski definition) is 1. The molecule has 1 atom stereocenters. The van der Waals surface area contributed by atoms with Gasteiger partial charge in [0.2, 0.25) is 0 Å². The van der Waals surface area contributed by atoms with Crippen LogP contribution in [0.4, 0.5) is 4.79 Å². The molecule has 22 heavy (non-hydrogen) atoms. The second-order valence-electron chi connectivity index (χ2n) is 5.79. The van der Waals surface area contributed by atoms with Gasteiger partial charge in [-0.15, -0.1) is 0 Å². The first-order valence-electron chi connectivity index (χ1n) is 7.59. The van der Waals surface area contributed by atoms with Gasteiger partial charge in [0, 0.05) is 18.2 Å². The molecule has 0 spiro atoms. The van der Waals surface area contributed by atoms with E-state index in [1.807, 2.05) is 37.8 Å². The molecule has 2 heterocycles. The quantitative estimate of drug-likeness (QED) is 0.919. The highest BCUT2D eigenvalue weighted by Crippen LogP contribution is 2.34. The summed E-state index contributed by atoms with van der Waals surface area (Å²) < 4.78 is 10.6. The zero-order valence-electron chi connectivity index (χ0n) is 13.1. The van der Waals surface area contributed by atoms with Crippen LogP contribution in [0.15, 0.2) is 27.3 Å². The molecule has 0 aromatic carbocycles. The van der Waals surface area contributed by atoms with E-state index < -0.39 is 0 Å². The lowest BCUT2D eigenvalue weighted by molar-refractivity contribution is 0.166. The Morgan fingerprint density at radius 2 is 2.27 bits per heavy atom. The van der Waals surface area contributed by atoms with Crippen molar-refractivity contribution in [2.75, 3.05) is 0 Å². The molecule has 0 radical (unpaired) electrons. The van der Waals surface area contributed by atoms with Crippen LogP contribution < -0.4 is 5.32 Å². The molecule has 6 nitrogen and oxygen atoms in total. The average molecular weight is 303 g/mol. The van der Waals surface area contributed by atoms with Gasteiger partial charge in [0.1, 0.15) is 11.5 Å². The zero-order chi connectivity index (χ0) is 15.7. The first-order valence-corrected chi connectivity index (χ1v) is 7.59. The molecule has 0 bridgehead atoms. The van der Waals surface area contributed by atoms with E-state index in [4.69, 9.17) is 8.94 Å². The smallest absolute Gasteiger partial charge is 0.318 e. The Balaban J connectivity index is 1.68. The Bertz CT molecular complexity index is 624. The van der Waals surface area contributed by atoms with E-state index in [1.54, 1.807) is 6.26 Å². The summed E-state index contributed by atoms with van der Waals surface area (Å²) in [7, 11) is 0. The third-order valence-corrected chi connectivity index (χ3v) is 4.14. The predicted octanol–water partition coefficient (Wildman–Crippen LogP) is 3.32. The predicted molar refractivity (Wildman–Crippen MR) is 80.2 cm³/mol. The summed E-state index contributed by atoms with van der Waals surface area (Å²) in [6.45, 7) is 6.15. The van der Waals surface area contributed by atoms with Gasteiger partial charge in [-0.25, -0.2) is 4.79 Å². The van der Waals surface area contributed by atoms with Crippen LogP contribution in [0.2, 0.25) is 0 Å². The monoisotopic (exact) mass is 303 g/mol. The molecular formula is C16H21N3O3. The molecule has 3 rings (SSSR count). The number of amides is 2. The van der Waals surface area contributed by atoms with E-state index >= 15 is 0 Å². The average Bonchev–Trinajstić information content (AvgIpc) is 3.06. The topological polar surface area (TPSA) is 71.5 Å². The molecule has 2 aromatic heterocycles. The molecule has 1 aliphatic rings. The van der Waals surface area contributed by atoms with Gasteiger partial charge >= 0.3 is 6.03 Å². The number of nitrogens with one attached hydrogen (secondary N) is 1. The fraction of sp³-hybridized carbons (Fsp3) is 0.500. The van der Waals surface area contributed by atoms with Crippen molar-refractivity contribution in [2.24, 2.45) is 0 Å². The molecule has 2 aromatic rings. The van der Waals surface area contributed by atoms with E-state index in [0.29, 0.717) is 12.6 Å². The SMILES string of the molecule is Cc1noc(C)c1CNC(=O)N(C1CC1)[C@@H](C)c1ccco1. The van der Waals surface area contributed by atoms with Crippen LogP contribution in [0.5, 0.6) is 0 Å². The summed E-state index contributed by atoms with van der Waals surface area (Å²) in [5.41, 5.74) is 1.75. The van der Waals surface area contributed by atoms with Crippen molar-refractivity contribution in [3.8, 4) is 0 Å². The largest absolute Gasteiger partial charge is 0.467 e. The summed E-state index contributed by atoms with van der Waals surface area (Å²) in [5.74, 6) is 1.55. The molecule has 6 heteroatoms. The van der Waals surface area contributed by atoms with E-state index in [-0.39, 0.29) is 12.1 Å². The Morgan fingerprint density at radius 3 is 2.82 bits per heavy atom. The van der Waals surface area contributed by atoms with Gasteiger partial charge in [0.05, 0.1) is 18.0 Å². The number of rotatable bonds is 5. The molecule has 1 aliphatic carbocycles. The van der Waals surface area contributed by atoms with Crippen molar-refractivity contribution in [1.82, 2.24) is 15.4 Å². The highest BCUT2D eigenvalue weighted by atomic mass is 16.5. The number of carbonyl (C=O) groups is 1. The zero-order valence-corrected chi connectivity index (χ0v) is 13.1. The second kappa shape index (κ2) is 5.87. The summed E-state index contributed by atoms with van der Waals surface area (Å²) >= 11 is 0. The Morgan fingerprint density at radius 1 is 1.50 bits per heavy atom. The maximum absolute atomic E-state index is 12.6. The van der Waals surface area contributed by atoms with Crippen LogP contribution in [0.25, 0.3) is 0 Å². The van der Waals surface area contributed by atoms with E-state index in [1.165, 1.54) is 0 Å². The molecule has 1 saturated carbocycles. The number of urea groups is 1. The van der Waals surface area contributed by atoms with Crippen LogP contribution >= 0.6 is 0 Å². The Hall–Kier alpha value is -2.24. The van der Waals surface area contributed by atoms with E-state index in [2.05, 4.69) is 10.5 Å². The summed E-state index contributed by atoms with van der Waals surface area (Å²) in [6, 6.07) is 3.89.